The third kappa shape index (κ3) is 5.34. The molecule has 5 nitrogen and oxygen atoms in total. The summed E-state index contributed by atoms with van der Waals surface area (Å²) in [6.45, 7) is 1.24. The van der Waals surface area contributed by atoms with Crippen LogP contribution in [0.2, 0.25) is 0 Å². The van der Waals surface area contributed by atoms with Gasteiger partial charge >= 0.3 is 0 Å². The van der Waals surface area contributed by atoms with E-state index in [0.717, 1.165) is 5.56 Å². The van der Waals surface area contributed by atoms with E-state index >= 15 is 0 Å². The first-order valence-electron chi connectivity index (χ1n) is 9.06. The van der Waals surface area contributed by atoms with Crippen LogP contribution in [0, 0.1) is 0 Å². The van der Waals surface area contributed by atoms with Gasteiger partial charge in [0.15, 0.2) is 0 Å². The van der Waals surface area contributed by atoms with E-state index in [0.29, 0.717) is 42.6 Å². The molecular formula is C23H23NO4. The SMILES string of the molecule is COCCOc1ccccc1C(=O)Nc1ccccc1OCc1ccccc1. The largest absolute Gasteiger partial charge is 0.490 e. The number of amides is 1. The lowest BCUT2D eigenvalue weighted by atomic mass is 10.1. The summed E-state index contributed by atoms with van der Waals surface area (Å²) < 4.78 is 16.6. The number of benzene rings is 3. The van der Waals surface area contributed by atoms with Crippen LogP contribution >= 0.6 is 0 Å². The molecule has 0 radical (unpaired) electrons. The van der Waals surface area contributed by atoms with Crippen molar-refractivity contribution < 1.29 is 19.0 Å². The number of anilines is 1. The summed E-state index contributed by atoms with van der Waals surface area (Å²) in [5.74, 6) is 0.862. The number of hydrogen-bond donors (Lipinski definition) is 1. The van der Waals surface area contributed by atoms with Crippen molar-refractivity contribution in [3.05, 3.63) is 90.0 Å². The van der Waals surface area contributed by atoms with Gasteiger partial charge in [-0.15, -0.1) is 0 Å². The van der Waals surface area contributed by atoms with Crippen LogP contribution in [0.4, 0.5) is 5.69 Å². The van der Waals surface area contributed by atoms with Crippen LogP contribution in [0.1, 0.15) is 15.9 Å². The van der Waals surface area contributed by atoms with Crippen LogP contribution in [-0.2, 0) is 11.3 Å². The first kappa shape index (κ1) is 19.5. The Morgan fingerprint density at radius 3 is 2.25 bits per heavy atom. The molecule has 0 aliphatic carbocycles. The van der Waals surface area contributed by atoms with Crippen LogP contribution in [-0.4, -0.2) is 26.2 Å². The highest BCUT2D eigenvalue weighted by atomic mass is 16.5. The van der Waals surface area contributed by atoms with E-state index in [2.05, 4.69) is 5.32 Å². The number of methoxy groups -OCH3 is 1. The maximum atomic E-state index is 12.8. The van der Waals surface area contributed by atoms with Gasteiger partial charge in [0, 0.05) is 7.11 Å². The first-order chi connectivity index (χ1) is 13.8. The number of para-hydroxylation sites is 3. The predicted molar refractivity (Wildman–Crippen MR) is 109 cm³/mol. The zero-order valence-corrected chi connectivity index (χ0v) is 15.8. The molecule has 28 heavy (non-hydrogen) atoms. The number of hydrogen-bond acceptors (Lipinski definition) is 4. The summed E-state index contributed by atoms with van der Waals surface area (Å²) in [4.78, 5) is 12.8. The number of carbonyl (C=O) groups excluding carboxylic acids is 1. The van der Waals surface area contributed by atoms with Gasteiger partial charge in [0.1, 0.15) is 24.7 Å². The minimum atomic E-state index is -0.260. The van der Waals surface area contributed by atoms with E-state index in [4.69, 9.17) is 14.2 Å². The number of rotatable bonds is 9. The van der Waals surface area contributed by atoms with Crippen LogP contribution in [0.25, 0.3) is 0 Å². The molecule has 0 bridgehead atoms. The fourth-order valence-electron chi connectivity index (χ4n) is 2.64. The van der Waals surface area contributed by atoms with E-state index in [1.807, 2.05) is 60.7 Å². The second-order valence-electron chi connectivity index (χ2n) is 6.06. The Kier molecular flexibility index (Phi) is 7.04. The topological polar surface area (TPSA) is 56.8 Å². The van der Waals surface area contributed by atoms with E-state index in [-0.39, 0.29) is 5.91 Å². The molecular weight excluding hydrogens is 354 g/mol. The fourth-order valence-corrected chi connectivity index (χ4v) is 2.64. The minimum absolute atomic E-state index is 0.260. The molecule has 0 saturated carbocycles. The van der Waals surface area contributed by atoms with Gasteiger partial charge in [0.05, 0.1) is 17.9 Å². The summed E-state index contributed by atoms with van der Waals surface area (Å²) in [6.07, 6.45) is 0. The molecule has 3 aromatic rings. The lowest BCUT2D eigenvalue weighted by molar-refractivity contribution is 0.101. The van der Waals surface area contributed by atoms with E-state index < -0.39 is 0 Å². The molecule has 0 aliphatic rings. The number of nitrogens with one attached hydrogen (secondary N) is 1. The van der Waals surface area contributed by atoms with Gasteiger partial charge in [-0.3, -0.25) is 4.79 Å². The smallest absolute Gasteiger partial charge is 0.259 e. The third-order valence-electron chi connectivity index (χ3n) is 4.05. The Morgan fingerprint density at radius 1 is 0.786 bits per heavy atom. The molecule has 0 heterocycles. The fraction of sp³-hybridized carbons (Fsp3) is 0.174. The lowest BCUT2D eigenvalue weighted by Crippen LogP contribution is -2.15. The van der Waals surface area contributed by atoms with E-state index in [1.165, 1.54) is 0 Å². The van der Waals surface area contributed by atoms with Gasteiger partial charge in [-0.2, -0.15) is 0 Å². The molecule has 0 atom stereocenters. The molecule has 0 unspecified atom stereocenters. The quantitative estimate of drug-likeness (QED) is 0.556. The Morgan fingerprint density at radius 2 is 1.46 bits per heavy atom. The number of carbonyl (C=O) groups is 1. The summed E-state index contributed by atoms with van der Waals surface area (Å²) in [6, 6.07) is 24.4. The highest BCUT2D eigenvalue weighted by molar-refractivity contribution is 6.06. The van der Waals surface area contributed by atoms with Crippen molar-refractivity contribution in [2.45, 2.75) is 6.61 Å². The highest BCUT2D eigenvalue weighted by Crippen LogP contribution is 2.27. The standard InChI is InChI=1S/C23H23NO4/c1-26-15-16-27-21-13-7-5-11-19(21)23(25)24-20-12-6-8-14-22(20)28-17-18-9-3-2-4-10-18/h2-14H,15-17H2,1H3,(H,24,25). The zero-order chi connectivity index (χ0) is 19.6. The van der Waals surface area contributed by atoms with Gasteiger partial charge in [0.2, 0.25) is 0 Å². The van der Waals surface area contributed by atoms with Crippen molar-refractivity contribution in [1.82, 2.24) is 0 Å². The molecule has 0 fully saturated rings. The van der Waals surface area contributed by atoms with E-state index in [1.54, 1.807) is 25.3 Å². The average Bonchev–Trinajstić information content (AvgIpc) is 2.74. The van der Waals surface area contributed by atoms with Gasteiger partial charge in [-0.05, 0) is 29.8 Å². The molecule has 0 saturated heterocycles. The van der Waals surface area contributed by atoms with E-state index in [9.17, 15) is 4.79 Å². The monoisotopic (exact) mass is 377 g/mol. The second kappa shape index (κ2) is 10.1. The van der Waals surface area contributed by atoms with Gasteiger partial charge in [-0.1, -0.05) is 54.6 Å². The van der Waals surface area contributed by atoms with Crippen LogP contribution in [0.15, 0.2) is 78.9 Å². The van der Waals surface area contributed by atoms with Crippen molar-refractivity contribution in [1.29, 1.82) is 0 Å². The maximum Gasteiger partial charge on any atom is 0.259 e. The van der Waals surface area contributed by atoms with Crippen LogP contribution < -0.4 is 14.8 Å². The minimum Gasteiger partial charge on any atom is -0.490 e. The summed E-state index contributed by atoms with van der Waals surface area (Å²) in [5, 5.41) is 2.92. The molecule has 144 valence electrons. The maximum absolute atomic E-state index is 12.8. The number of ether oxygens (including phenoxy) is 3. The second-order valence-corrected chi connectivity index (χ2v) is 6.06. The Balaban J connectivity index is 1.71. The normalized spacial score (nSPS) is 10.3. The average molecular weight is 377 g/mol. The van der Waals surface area contributed by atoms with Crippen molar-refractivity contribution in [2.24, 2.45) is 0 Å². The molecule has 0 spiro atoms. The van der Waals surface area contributed by atoms with Crippen molar-refractivity contribution in [2.75, 3.05) is 25.6 Å². The molecule has 3 rings (SSSR count). The predicted octanol–water partition coefficient (Wildman–Crippen LogP) is 4.54. The third-order valence-corrected chi connectivity index (χ3v) is 4.05. The Bertz CT molecular complexity index is 896. The first-order valence-corrected chi connectivity index (χ1v) is 9.06. The van der Waals surface area contributed by atoms with Crippen LogP contribution in [0.3, 0.4) is 0 Å². The molecule has 0 aromatic heterocycles. The van der Waals surface area contributed by atoms with Crippen molar-refractivity contribution >= 4 is 11.6 Å². The molecule has 3 aromatic carbocycles. The van der Waals surface area contributed by atoms with Gasteiger partial charge in [-0.25, -0.2) is 0 Å². The molecule has 0 aliphatic heterocycles. The van der Waals surface area contributed by atoms with Crippen molar-refractivity contribution in [3.63, 3.8) is 0 Å². The summed E-state index contributed by atoms with van der Waals surface area (Å²) in [7, 11) is 1.61. The molecule has 1 N–H and O–H groups in total. The summed E-state index contributed by atoms with van der Waals surface area (Å²) in [5.41, 5.74) is 2.12. The molecule has 5 heteroatoms. The molecule has 1 amide bonds. The lowest BCUT2D eigenvalue weighted by Gasteiger charge is -2.14. The zero-order valence-electron chi connectivity index (χ0n) is 15.8. The Labute approximate surface area is 164 Å². The van der Waals surface area contributed by atoms with Crippen molar-refractivity contribution in [3.8, 4) is 11.5 Å². The Hall–Kier alpha value is -3.31. The highest BCUT2D eigenvalue weighted by Gasteiger charge is 2.14. The van der Waals surface area contributed by atoms with Gasteiger partial charge in [0.25, 0.3) is 5.91 Å². The van der Waals surface area contributed by atoms with Gasteiger partial charge < -0.3 is 19.5 Å². The van der Waals surface area contributed by atoms with Crippen LogP contribution in [0.5, 0.6) is 11.5 Å². The summed E-state index contributed by atoms with van der Waals surface area (Å²) >= 11 is 0.